The van der Waals surface area contributed by atoms with Crippen LogP contribution in [0, 0.1) is 0 Å². The number of carbonyl (C=O) groups excluding carboxylic acids is 2. The predicted molar refractivity (Wildman–Crippen MR) is 91.5 cm³/mol. The molecule has 0 aliphatic carbocycles. The summed E-state index contributed by atoms with van der Waals surface area (Å²) in [6.45, 7) is 2.08. The quantitative estimate of drug-likeness (QED) is 0.813. The molecule has 0 fully saturated rings. The van der Waals surface area contributed by atoms with Gasteiger partial charge in [0.1, 0.15) is 6.04 Å². The summed E-state index contributed by atoms with van der Waals surface area (Å²) in [5.74, 6) is -0.388. The molecule has 2 aromatic carbocycles. The van der Waals surface area contributed by atoms with Gasteiger partial charge in [-0.1, -0.05) is 31.2 Å². The minimum atomic E-state index is -0.570. The van der Waals surface area contributed by atoms with Crippen LogP contribution in [-0.2, 0) is 16.0 Å². The smallest absolute Gasteiger partial charge is 0.247 e. The molecule has 0 saturated heterocycles. The van der Waals surface area contributed by atoms with E-state index in [-0.39, 0.29) is 18.2 Å². The molecule has 2 amide bonds. The summed E-state index contributed by atoms with van der Waals surface area (Å²) in [6.07, 6.45) is 1.04. The van der Waals surface area contributed by atoms with Crippen LogP contribution in [0.25, 0.3) is 0 Å². The van der Waals surface area contributed by atoms with Gasteiger partial charge in [-0.25, -0.2) is 0 Å². The molecule has 0 bridgehead atoms. The van der Waals surface area contributed by atoms with Gasteiger partial charge in [-0.15, -0.1) is 0 Å². The van der Waals surface area contributed by atoms with Gasteiger partial charge < -0.3 is 16.0 Å². The Bertz CT molecular complexity index is 725. The molecule has 0 unspecified atom stereocenters. The van der Waals surface area contributed by atoms with E-state index in [9.17, 15) is 9.59 Å². The summed E-state index contributed by atoms with van der Waals surface area (Å²) in [4.78, 5) is 24.2. The fourth-order valence-corrected chi connectivity index (χ4v) is 2.56. The number of amides is 2. The summed E-state index contributed by atoms with van der Waals surface area (Å²) in [5.41, 5.74) is 3.53. The molecular formula is C18H19N3O2. The topological polar surface area (TPSA) is 70.2 Å². The molecule has 0 radical (unpaired) electrons. The highest BCUT2D eigenvalue weighted by Crippen LogP contribution is 2.26. The molecule has 1 heterocycles. The van der Waals surface area contributed by atoms with Crippen molar-refractivity contribution in [1.29, 1.82) is 0 Å². The lowest BCUT2D eigenvalue weighted by molar-refractivity contribution is -0.122. The van der Waals surface area contributed by atoms with Gasteiger partial charge in [0.15, 0.2) is 0 Å². The molecule has 1 atom stereocenters. The van der Waals surface area contributed by atoms with Crippen molar-refractivity contribution in [3.05, 3.63) is 54.1 Å². The number of nitrogens with one attached hydrogen (secondary N) is 3. The van der Waals surface area contributed by atoms with E-state index < -0.39 is 6.04 Å². The fourth-order valence-electron chi connectivity index (χ4n) is 2.56. The van der Waals surface area contributed by atoms with Gasteiger partial charge in [0, 0.05) is 5.69 Å². The summed E-state index contributed by atoms with van der Waals surface area (Å²) in [7, 11) is 0. The van der Waals surface area contributed by atoms with Crippen LogP contribution in [0.15, 0.2) is 48.5 Å². The van der Waals surface area contributed by atoms with Crippen molar-refractivity contribution in [2.45, 2.75) is 25.8 Å². The van der Waals surface area contributed by atoms with E-state index in [1.807, 2.05) is 48.5 Å². The van der Waals surface area contributed by atoms with Crippen LogP contribution >= 0.6 is 0 Å². The first-order valence-corrected chi connectivity index (χ1v) is 7.71. The lowest BCUT2D eigenvalue weighted by Crippen LogP contribution is -2.41. The molecule has 3 rings (SSSR count). The van der Waals surface area contributed by atoms with Crippen molar-refractivity contribution >= 4 is 28.9 Å². The Labute approximate surface area is 135 Å². The van der Waals surface area contributed by atoms with Gasteiger partial charge in [0.05, 0.1) is 17.8 Å². The Morgan fingerprint density at radius 3 is 2.48 bits per heavy atom. The Morgan fingerprint density at radius 1 is 1.09 bits per heavy atom. The summed E-state index contributed by atoms with van der Waals surface area (Å²) in [6, 6.07) is 14.6. The normalized spacial score (nSPS) is 16.0. The molecule has 0 saturated carbocycles. The maximum atomic E-state index is 12.2. The minimum Gasteiger partial charge on any atom is -0.372 e. The number of hydrogen-bond donors (Lipinski definition) is 3. The number of rotatable bonds is 4. The van der Waals surface area contributed by atoms with Crippen LogP contribution < -0.4 is 16.0 Å². The molecule has 23 heavy (non-hydrogen) atoms. The van der Waals surface area contributed by atoms with Crippen LogP contribution in [0.3, 0.4) is 0 Å². The van der Waals surface area contributed by atoms with Gasteiger partial charge in [-0.2, -0.15) is 0 Å². The maximum absolute atomic E-state index is 12.2. The van der Waals surface area contributed by atoms with Crippen molar-refractivity contribution in [1.82, 2.24) is 0 Å². The van der Waals surface area contributed by atoms with E-state index in [0.29, 0.717) is 0 Å². The van der Waals surface area contributed by atoms with E-state index in [1.165, 1.54) is 5.56 Å². The molecule has 0 aromatic heterocycles. The lowest BCUT2D eigenvalue weighted by Gasteiger charge is -2.26. The number of para-hydroxylation sites is 2. The zero-order valence-corrected chi connectivity index (χ0v) is 12.9. The lowest BCUT2D eigenvalue weighted by atomic mass is 10.1. The van der Waals surface area contributed by atoms with Crippen LogP contribution in [0.4, 0.5) is 17.1 Å². The Morgan fingerprint density at radius 2 is 1.78 bits per heavy atom. The summed E-state index contributed by atoms with van der Waals surface area (Å²) in [5, 5.41) is 8.75. The van der Waals surface area contributed by atoms with Gasteiger partial charge in [0.25, 0.3) is 0 Å². The largest absolute Gasteiger partial charge is 0.372 e. The number of carbonyl (C=O) groups is 2. The molecular weight excluding hydrogens is 290 g/mol. The van der Waals surface area contributed by atoms with Crippen molar-refractivity contribution in [2.24, 2.45) is 0 Å². The highest BCUT2D eigenvalue weighted by molar-refractivity contribution is 6.06. The van der Waals surface area contributed by atoms with Crippen LogP contribution in [-0.4, -0.2) is 17.9 Å². The van der Waals surface area contributed by atoms with E-state index >= 15 is 0 Å². The first kappa shape index (κ1) is 15.1. The maximum Gasteiger partial charge on any atom is 0.247 e. The molecule has 1 aliphatic heterocycles. The van der Waals surface area contributed by atoms with Gasteiger partial charge in [-0.3, -0.25) is 9.59 Å². The Hall–Kier alpha value is -2.82. The third-order valence-electron chi connectivity index (χ3n) is 3.87. The van der Waals surface area contributed by atoms with E-state index in [0.717, 1.165) is 23.5 Å². The number of fused-ring (bicyclic) bond motifs is 1. The van der Waals surface area contributed by atoms with Crippen LogP contribution in [0.2, 0.25) is 0 Å². The SMILES string of the molecule is CCc1ccc(NC(=O)C[C@H]2Nc3ccccc3NC2=O)cc1. The molecule has 118 valence electrons. The van der Waals surface area contributed by atoms with Gasteiger partial charge in [-0.05, 0) is 36.2 Å². The Balaban J connectivity index is 1.62. The van der Waals surface area contributed by atoms with Gasteiger partial charge in [0.2, 0.25) is 11.8 Å². The molecule has 2 aromatic rings. The molecule has 3 N–H and O–H groups in total. The number of benzene rings is 2. The summed E-state index contributed by atoms with van der Waals surface area (Å²) >= 11 is 0. The van der Waals surface area contributed by atoms with E-state index in [1.54, 1.807) is 0 Å². The first-order chi connectivity index (χ1) is 11.2. The number of hydrogen-bond acceptors (Lipinski definition) is 3. The predicted octanol–water partition coefficient (Wildman–Crippen LogP) is 3.01. The van der Waals surface area contributed by atoms with Crippen LogP contribution in [0.1, 0.15) is 18.9 Å². The second-order valence-corrected chi connectivity index (χ2v) is 5.53. The second kappa shape index (κ2) is 6.52. The first-order valence-electron chi connectivity index (χ1n) is 7.71. The summed E-state index contributed by atoms with van der Waals surface area (Å²) < 4.78 is 0. The third kappa shape index (κ3) is 3.51. The van der Waals surface area contributed by atoms with Gasteiger partial charge >= 0.3 is 0 Å². The average Bonchev–Trinajstić information content (AvgIpc) is 2.56. The van der Waals surface area contributed by atoms with Crippen molar-refractivity contribution < 1.29 is 9.59 Å². The standard InChI is InChI=1S/C18H19N3O2/c1-2-12-7-9-13(10-8-12)19-17(22)11-16-18(23)21-15-6-4-3-5-14(15)20-16/h3-10,16,20H,2,11H2,1H3,(H,19,22)(H,21,23)/t16-/m1/s1. The molecule has 5 heteroatoms. The Kier molecular flexibility index (Phi) is 4.28. The average molecular weight is 309 g/mol. The molecule has 1 aliphatic rings. The zero-order valence-electron chi connectivity index (χ0n) is 12.9. The third-order valence-corrected chi connectivity index (χ3v) is 3.87. The second-order valence-electron chi connectivity index (χ2n) is 5.53. The van der Waals surface area contributed by atoms with Crippen molar-refractivity contribution in [3.8, 4) is 0 Å². The monoisotopic (exact) mass is 309 g/mol. The fraction of sp³-hybridized carbons (Fsp3) is 0.222. The zero-order chi connectivity index (χ0) is 16.2. The number of anilines is 3. The van der Waals surface area contributed by atoms with Crippen molar-refractivity contribution in [2.75, 3.05) is 16.0 Å². The molecule has 0 spiro atoms. The van der Waals surface area contributed by atoms with E-state index in [4.69, 9.17) is 0 Å². The van der Waals surface area contributed by atoms with E-state index in [2.05, 4.69) is 22.9 Å². The number of aryl methyl sites for hydroxylation is 1. The highest BCUT2D eigenvalue weighted by atomic mass is 16.2. The highest BCUT2D eigenvalue weighted by Gasteiger charge is 2.27. The molecule has 5 nitrogen and oxygen atoms in total. The van der Waals surface area contributed by atoms with Crippen molar-refractivity contribution in [3.63, 3.8) is 0 Å². The minimum absolute atomic E-state index is 0.0791. The van der Waals surface area contributed by atoms with Crippen LogP contribution in [0.5, 0.6) is 0 Å².